The fourth-order valence-corrected chi connectivity index (χ4v) is 2.38. The lowest BCUT2D eigenvalue weighted by Crippen LogP contribution is -2.58. The predicted molar refractivity (Wildman–Crippen MR) is 108 cm³/mol. The molecular weight excluding hydrogens is 420 g/mol. The third-order valence-electron chi connectivity index (χ3n) is 3.89. The van der Waals surface area contributed by atoms with Gasteiger partial charge in [0, 0.05) is 5.75 Å². The van der Waals surface area contributed by atoms with Crippen molar-refractivity contribution in [2.24, 2.45) is 23.1 Å². The van der Waals surface area contributed by atoms with Crippen molar-refractivity contribution in [1.29, 1.82) is 0 Å². The minimum atomic E-state index is -1.61. The van der Waals surface area contributed by atoms with Gasteiger partial charge in [-0.25, -0.2) is 4.79 Å². The number of primary amides is 2. The number of carboxylic acid groups (broad SMARTS) is 1. The molecule has 30 heavy (non-hydrogen) atoms. The van der Waals surface area contributed by atoms with E-state index in [9.17, 15) is 28.8 Å². The number of aliphatic carboxylic acids is 1. The molecule has 0 aromatic rings. The van der Waals surface area contributed by atoms with E-state index in [1.807, 2.05) is 0 Å². The molecule has 0 aliphatic heterocycles. The Morgan fingerprint density at radius 2 is 1.20 bits per heavy atom. The Labute approximate surface area is 178 Å². The molecule has 4 atom stereocenters. The highest BCUT2D eigenvalue weighted by atomic mass is 32.1. The van der Waals surface area contributed by atoms with Crippen molar-refractivity contribution in [3.05, 3.63) is 0 Å². The summed E-state index contributed by atoms with van der Waals surface area (Å²) in [5.74, 6) is -6.48. The van der Waals surface area contributed by atoms with Crippen LogP contribution in [0.15, 0.2) is 0 Å². The quantitative estimate of drug-likeness (QED) is 0.130. The molecule has 0 aliphatic carbocycles. The normalized spacial score (nSPS) is 14.7. The number of nitrogens with one attached hydrogen (secondary N) is 3. The average molecular weight is 449 g/mol. The van der Waals surface area contributed by atoms with E-state index in [0.29, 0.717) is 0 Å². The minimum absolute atomic E-state index is 0.253. The number of hydrogen-bond donors (Lipinski definition) is 8. The molecular formula is C16H28N6O7S. The molecule has 0 spiro atoms. The molecule has 10 N–H and O–H groups in total. The summed E-state index contributed by atoms with van der Waals surface area (Å²) in [6.07, 6.45) is -1.23. The van der Waals surface area contributed by atoms with Crippen LogP contribution in [0.3, 0.4) is 0 Å². The van der Waals surface area contributed by atoms with E-state index in [4.69, 9.17) is 22.3 Å². The second-order valence-corrected chi connectivity index (χ2v) is 7.18. The smallest absolute Gasteiger partial charge is 0.326 e. The van der Waals surface area contributed by atoms with Gasteiger partial charge >= 0.3 is 5.97 Å². The lowest BCUT2D eigenvalue weighted by molar-refractivity contribution is -0.143. The van der Waals surface area contributed by atoms with Crippen LogP contribution >= 0.6 is 12.6 Å². The monoisotopic (exact) mass is 448 g/mol. The largest absolute Gasteiger partial charge is 0.480 e. The van der Waals surface area contributed by atoms with Crippen molar-refractivity contribution < 1.29 is 33.9 Å². The first-order valence-corrected chi connectivity index (χ1v) is 9.50. The number of nitrogens with two attached hydrogens (primary N) is 3. The number of rotatable bonds is 13. The summed E-state index contributed by atoms with van der Waals surface area (Å²) in [6, 6.07) is -5.33. The predicted octanol–water partition coefficient (Wildman–Crippen LogP) is -3.81. The highest BCUT2D eigenvalue weighted by Crippen LogP contribution is 2.02. The molecule has 0 fully saturated rings. The third kappa shape index (κ3) is 9.56. The Morgan fingerprint density at radius 3 is 1.60 bits per heavy atom. The summed E-state index contributed by atoms with van der Waals surface area (Å²) in [6.45, 7) is 3.36. The molecule has 0 radical (unpaired) electrons. The number of thiol groups is 1. The number of amides is 5. The van der Waals surface area contributed by atoms with Gasteiger partial charge in [0.2, 0.25) is 29.5 Å². The number of carboxylic acids is 1. The van der Waals surface area contributed by atoms with Gasteiger partial charge in [-0.1, -0.05) is 13.8 Å². The lowest BCUT2D eigenvalue weighted by Gasteiger charge is -2.24. The van der Waals surface area contributed by atoms with Crippen molar-refractivity contribution in [3.8, 4) is 0 Å². The van der Waals surface area contributed by atoms with Crippen LogP contribution in [0.25, 0.3) is 0 Å². The summed E-state index contributed by atoms with van der Waals surface area (Å²) >= 11 is 3.93. The average Bonchev–Trinajstić information content (AvgIpc) is 2.62. The number of carbonyl (C=O) groups is 6. The van der Waals surface area contributed by atoms with E-state index in [1.165, 1.54) is 0 Å². The van der Waals surface area contributed by atoms with Crippen LogP contribution in [0.1, 0.15) is 26.7 Å². The highest BCUT2D eigenvalue weighted by molar-refractivity contribution is 7.80. The number of hydrogen-bond acceptors (Lipinski definition) is 8. The first-order valence-electron chi connectivity index (χ1n) is 8.87. The third-order valence-corrected chi connectivity index (χ3v) is 4.26. The van der Waals surface area contributed by atoms with Crippen molar-refractivity contribution >= 4 is 48.1 Å². The molecule has 170 valence electrons. The molecule has 0 rings (SSSR count). The van der Waals surface area contributed by atoms with Gasteiger partial charge in [-0.15, -0.1) is 0 Å². The maximum absolute atomic E-state index is 12.5. The van der Waals surface area contributed by atoms with Gasteiger partial charge in [0.25, 0.3) is 0 Å². The Hall–Kier alpha value is -2.87. The van der Waals surface area contributed by atoms with Crippen LogP contribution in [0.5, 0.6) is 0 Å². The van der Waals surface area contributed by atoms with Crippen LogP contribution in [-0.2, 0) is 28.8 Å². The van der Waals surface area contributed by atoms with Gasteiger partial charge in [-0.05, 0) is 5.92 Å². The van der Waals surface area contributed by atoms with Crippen LogP contribution < -0.4 is 33.2 Å². The van der Waals surface area contributed by atoms with E-state index in [-0.39, 0.29) is 11.7 Å². The van der Waals surface area contributed by atoms with Crippen molar-refractivity contribution in [2.75, 3.05) is 5.75 Å². The van der Waals surface area contributed by atoms with E-state index >= 15 is 0 Å². The molecule has 0 saturated carbocycles. The van der Waals surface area contributed by atoms with Gasteiger partial charge in [0.05, 0.1) is 18.9 Å². The first kappa shape index (κ1) is 27.1. The summed E-state index contributed by atoms with van der Waals surface area (Å²) in [5, 5.41) is 15.6. The van der Waals surface area contributed by atoms with Gasteiger partial charge in [-0.2, -0.15) is 12.6 Å². The fourth-order valence-electron chi connectivity index (χ4n) is 2.12. The molecule has 13 nitrogen and oxygen atoms in total. The number of carbonyl (C=O) groups excluding carboxylic acids is 5. The molecule has 4 unspecified atom stereocenters. The van der Waals surface area contributed by atoms with Gasteiger partial charge in [0.15, 0.2) is 0 Å². The topological polar surface area (TPSA) is 237 Å². The zero-order valence-electron chi connectivity index (χ0n) is 16.6. The minimum Gasteiger partial charge on any atom is -0.480 e. The van der Waals surface area contributed by atoms with Gasteiger partial charge in [0.1, 0.15) is 18.1 Å². The van der Waals surface area contributed by atoms with Gasteiger partial charge < -0.3 is 38.3 Å². The molecule has 0 saturated heterocycles. The molecule has 0 bridgehead atoms. The molecule has 0 aromatic carbocycles. The molecule has 0 heterocycles. The first-order chi connectivity index (χ1) is 13.8. The van der Waals surface area contributed by atoms with E-state index in [1.54, 1.807) is 13.8 Å². The van der Waals surface area contributed by atoms with Crippen molar-refractivity contribution in [3.63, 3.8) is 0 Å². The highest BCUT2D eigenvalue weighted by Gasteiger charge is 2.31. The molecule has 5 amide bonds. The maximum atomic E-state index is 12.5. The Kier molecular flexibility index (Phi) is 11.4. The standard InChI is InChI=1S/C16H28N6O7S/c1-6(2)12(19)15(27)20-7(3-10(17)23)13(25)22-9(5-30)14(26)21-8(16(28)29)4-11(18)24/h6-9,12,30H,3-5,19H2,1-2H3,(H2,17,23)(H2,18,24)(H,20,27)(H,21,26)(H,22,25)(H,28,29). The van der Waals surface area contributed by atoms with Crippen LogP contribution in [0.2, 0.25) is 0 Å². The maximum Gasteiger partial charge on any atom is 0.326 e. The van der Waals surface area contributed by atoms with Crippen LogP contribution in [-0.4, -0.2) is 70.5 Å². The van der Waals surface area contributed by atoms with Crippen molar-refractivity contribution in [2.45, 2.75) is 50.9 Å². The second kappa shape index (κ2) is 12.6. The fraction of sp³-hybridized carbons (Fsp3) is 0.625. The van der Waals surface area contributed by atoms with Crippen LogP contribution in [0, 0.1) is 5.92 Å². The lowest BCUT2D eigenvalue weighted by atomic mass is 10.0. The Balaban J connectivity index is 5.29. The van der Waals surface area contributed by atoms with E-state index in [2.05, 4.69) is 28.6 Å². The Bertz CT molecular complexity index is 687. The van der Waals surface area contributed by atoms with E-state index < -0.39 is 72.5 Å². The summed E-state index contributed by atoms with van der Waals surface area (Å²) in [4.78, 5) is 70.2. The van der Waals surface area contributed by atoms with Crippen LogP contribution in [0.4, 0.5) is 0 Å². The second-order valence-electron chi connectivity index (χ2n) is 6.82. The van der Waals surface area contributed by atoms with Gasteiger partial charge in [-0.3, -0.25) is 24.0 Å². The molecule has 14 heteroatoms. The zero-order chi connectivity index (χ0) is 23.6. The molecule has 0 aliphatic rings. The molecule has 0 aromatic heterocycles. The Morgan fingerprint density at radius 1 is 0.800 bits per heavy atom. The zero-order valence-corrected chi connectivity index (χ0v) is 17.5. The summed E-state index contributed by atoms with van der Waals surface area (Å²) in [5.41, 5.74) is 15.8. The SMILES string of the molecule is CC(C)C(N)C(=O)NC(CC(N)=O)C(=O)NC(CS)C(=O)NC(CC(N)=O)C(=O)O. The van der Waals surface area contributed by atoms with Crippen molar-refractivity contribution in [1.82, 2.24) is 16.0 Å². The summed E-state index contributed by atoms with van der Waals surface area (Å²) in [7, 11) is 0. The van der Waals surface area contributed by atoms with E-state index in [0.717, 1.165) is 0 Å². The summed E-state index contributed by atoms with van der Waals surface area (Å²) < 4.78 is 0.